The SMILES string of the molecule is CCc1cncc(OC)c1C. The van der Waals surface area contributed by atoms with Gasteiger partial charge in [0.25, 0.3) is 0 Å². The maximum Gasteiger partial charge on any atom is 0.140 e. The van der Waals surface area contributed by atoms with Gasteiger partial charge in [-0.1, -0.05) is 6.92 Å². The van der Waals surface area contributed by atoms with E-state index in [2.05, 4.69) is 18.8 Å². The number of methoxy groups -OCH3 is 1. The fourth-order valence-corrected chi connectivity index (χ4v) is 1.11. The minimum absolute atomic E-state index is 0.879. The normalized spacial score (nSPS) is 9.73. The molecule has 0 saturated carbocycles. The first-order valence-corrected chi connectivity index (χ1v) is 3.77. The van der Waals surface area contributed by atoms with Gasteiger partial charge in [0.2, 0.25) is 0 Å². The Kier molecular flexibility index (Phi) is 2.47. The van der Waals surface area contributed by atoms with E-state index in [0.717, 1.165) is 12.2 Å². The zero-order valence-corrected chi connectivity index (χ0v) is 7.22. The predicted octanol–water partition coefficient (Wildman–Crippen LogP) is 1.96. The highest BCUT2D eigenvalue weighted by Gasteiger charge is 2.01. The van der Waals surface area contributed by atoms with E-state index >= 15 is 0 Å². The summed E-state index contributed by atoms with van der Waals surface area (Å²) in [5.41, 5.74) is 2.45. The van der Waals surface area contributed by atoms with Crippen LogP contribution in [-0.2, 0) is 6.42 Å². The predicted molar refractivity (Wildman–Crippen MR) is 44.9 cm³/mol. The van der Waals surface area contributed by atoms with Crippen molar-refractivity contribution in [2.24, 2.45) is 0 Å². The van der Waals surface area contributed by atoms with Crippen molar-refractivity contribution in [1.29, 1.82) is 0 Å². The van der Waals surface area contributed by atoms with Gasteiger partial charge in [0.05, 0.1) is 13.3 Å². The Balaban J connectivity index is 3.10. The van der Waals surface area contributed by atoms with Gasteiger partial charge in [-0.2, -0.15) is 0 Å². The van der Waals surface area contributed by atoms with Crippen LogP contribution in [0.3, 0.4) is 0 Å². The molecule has 0 aliphatic heterocycles. The molecule has 0 unspecified atom stereocenters. The average molecular weight is 151 g/mol. The molecule has 0 bridgehead atoms. The number of hydrogen-bond acceptors (Lipinski definition) is 2. The van der Waals surface area contributed by atoms with E-state index in [0.29, 0.717) is 0 Å². The summed E-state index contributed by atoms with van der Waals surface area (Å²) in [6.07, 6.45) is 4.64. The standard InChI is InChI=1S/C9H13NO/c1-4-8-5-10-6-9(11-3)7(8)2/h5-6H,4H2,1-3H3. The maximum absolute atomic E-state index is 5.12. The number of nitrogens with zero attached hydrogens (tertiary/aromatic N) is 1. The number of aromatic nitrogens is 1. The molecule has 0 N–H and O–H groups in total. The first kappa shape index (κ1) is 8.05. The topological polar surface area (TPSA) is 22.1 Å². The zero-order chi connectivity index (χ0) is 8.27. The quantitative estimate of drug-likeness (QED) is 0.644. The molecular weight excluding hydrogens is 138 g/mol. The van der Waals surface area contributed by atoms with Crippen molar-refractivity contribution >= 4 is 0 Å². The van der Waals surface area contributed by atoms with Crippen molar-refractivity contribution < 1.29 is 4.74 Å². The number of hydrogen-bond donors (Lipinski definition) is 0. The lowest BCUT2D eigenvalue weighted by Gasteiger charge is -2.06. The number of aryl methyl sites for hydroxylation is 1. The summed E-state index contributed by atoms with van der Waals surface area (Å²) in [7, 11) is 1.67. The van der Waals surface area contributed by atoms with Crippen LogP contribution in [0.1, 0.15) is 18.1 Å². The van der Waals surface area contributed by atoms with Crippen LogP contribution in [-0.4, -0.2) is 12.1 Å². The molecule has 0 aromatic carbocycles. The lowest BCUT2D eigenvalue weighted by molar-refractivity contribution is 0.409. The van der Waals surface area contributed by atoms with Gasteiger partial charge >= 0.3 is 0 Å². The van der Waals surface area contributed by atoms with Crippen molar-refractivity contribution in [1.82, 2.24) is 4.98 Å². The Morgan fingerprint density at radius 3 is 2.73 bits per heavy atom. The van der Waals surface area contributed by atoms with E-state index in [9.17, 15) is 0 Å². The van der Waals surface area contributed by atoms with Gasteiger partial charge in [-0.25, -0.2) is 0 Å². The summed E-state index contributed by atoms with van der Waals surface area (Å²) < 4.78 is 5.12. The summed E-state index contributed by atoms with van der Waals surface area (Å²) in [6.45, 7) is 4.17. The van der Waals surface area contributed by atoms with E-state index in [1.165, 1.54) is 11.1 Å². The van der Waals surface area contributed by atoms with E-state index in [-0.39, 0.29) is 0 Å². The third-order valence-corrected chi connectivity index (χ3v) is 1.87. The molecular formula is C9H13NO. The molecule has 11 heavy (non-hydrogen) atoms. The Hall–Kier alpha value is -1.05. The third-order valence-electron chi connectivity index (χ3n) is 1.87. The minimum Gasteiger partial charge on any atom is -0.495 e. The van der Waals surface area contributed by atoms with Gasteiger partial charge in [-0.3, -0.25) is 4.98 Å². The van der Waals surface area contributed by atoms with Crippen LogP contribution in [0, 0.1) is 6.92 Å². The fourth-order valence-electron chi connectivity index (χ4n) is 1.11. The molecule has 0 saturated heterocycles. The molecule has 2 heteroatoms. The lowest BCUT2D eigenvalue weighted by Crippen LogP contribution is -1.93. The maximum atomic E-state index is 5.12. The molecule has 2 nitrogen and oxygen atoms in total. The van der Waals surface area contributed by atoms with Crippen LogP contribution in [0.25, 0.3) is 0 Å². The van der Waals surface area contributed by atoms with Crippen molar-refractivity contribution in [2.75, 3.05) is 7.11 Å². The van der Waals surface area contributed by atoms with Crippen LogP contribution in [0.15, 0.2) is 12.4 Å². The van der Waals surface area contributed by atoms with E-state index in [4.69, 9.17) is 4.74 Å². The Morgan fingerprint density at radius 1 is 1.45 bits per heavy atom. The summed E-state index contributed by atoms with van der Waals surface area (Å²) in [5.74, 6) is 0.879. The third kappa shape index (κ3) is 1.50. The molecule has 0 aliphatic rings. The van der Waals surface area contributed by atoms with Gasteiger partial charge < -0.3 is 4.74 Å². The molecule has 0 spiro atoms. The lowest BCUT2D eigenvalue weighted by atomic mass is 10.1. The van der Waals surface area contributed by atoms with Gasteiger partial charge in [0.1, 0.15) is 5.75 Å². The molecule has 0 amide bonds. The molecule has 1 aromatic heterocycles. The van der Waals surface area contributed by atoms with Gasteiger partial charge in [0, 0.05) is 6.20 Å². The molecule has 0 aliphatic carbocycles. The van der Waals surface area contributed by atoms with E-state index in [1.807, 2.05) is 6.20 Å². The van der Waals surface area contributed by atoms with Crippen LogP contribution >= 0.6 is 0 Å². The highest BCUT2D eigenvalue weighted by atomic mass is 16.5. The monoisotopic (exact) mass is 151 g/mol. The number of ether oxygens (including phenoxy) is 1. The van der Waals surface area contributed by atoms with Crippen LogP contribution in [0.2, 0.25) is 0 Å². The van der Waals surface area contributed by atoms with Crippen molar-refractivity contribution in [3.05, 3.63) is 23.5 Å². The largest absolute Gasteiger partial charge is 0.495 e. The first-order valence-electron chi connectivity index (χ1n) is 3.77. The van der Waals surface area contributed by atoms with Gasteiger partial charge in [0.15, 0.2) is 0 Å². The molecule has 0 fully saturated rings. The highest BCUT2D eigenvalue weighted by Crippen LogP contribution is 2.18. The zero-order valence-electron chi connectivity index (χ0n) is 7.22. The molecule has 1 rings (SSSR count). The summed E-state index contributed by atoms with van der Waals surface area (Å²) in [4.78, 5) is 4.06. The molecule has 60 valence electrons. The van der Waals surface area contributed by atoms with Crippen molar-refractivity contribution in [2.45, 2.75) is 20.3 Å². The number of rotatable bonds is 2. The fraction of sp³-hybridized carbons (Fsp3) is 0.444. The molecule has 1 aromatic rings. The van der Waals surface area contributed by atoms with Crippen molar-refractivity contribution in [3.63, 3.8) is 0 Å². The first-order chi connectivity index (χ1) is 5.29. The second-order valence-electron chi connectivity index (χ2n) is 2.48. The highest BCUT2D eigenvalue weighted by molar-refractivity contribution is 5.35. The van der Waals surface area contributed by atoms with Crippen LogP contribution in [0.5, 0.6) is 5.75 Å². The van der Waals surface area contributed by atoms with E-state index < -0.39 is 0 Å². The molecule has 0 atom stereocenters. The van der Waals surface area contributed by atoms with Gasteiger partial charge in [-0.05, 0) is 24.5 Å². The summed E-state index contributed by atoms with van der Waals surface area (Å²) in [5, 5.41) is 0. The van der Waals surface area contributed by atoms with Crippen LogP contribution in [0.4, 0.5) is 0 Å². The smallest absolute Gasteiger partial charge is 0.140 e. The second kappa shape index (κ2) is 3.37. The Morgan fingerprint density at radius 2 is 2.18 bits per heavy atom. The molecule has 0 radical (unpaired) electrons. The van der Waals surface area contributed by atoms with Gasteiger partial charge in [-0.15, -0.1) is 0 Å². The summed E-state index contributed by atoms with van der Waals surface area (Å²) >= 11 is 0. The average Bonchev–Trinajstić information content (AvgIpc) is 2.05. The minimum atomic E-state index is 0.879. The second-order valence-corrected chi connectivity index (χ2v) is 2.48. The summed E-state index contributed by atoms with van der Waals surface area (Å²) in [6, 6.07) is 0. The number of pyridine rings is 1. The van der Waals surface area contributed by atoms with Crippen LogP contribution < -0.4 is 4.74 Å². The Labute approximate surface area is 67.2 Å². The van der Waals surface area contributed by atoms with Crippen molar-refractivity contribution in [3.8, 4) is 5.75 Å². The molecule has 1 heterocycles. The van der Waals surface area contributed by atoms with E-state index in [1.54, 1.807) is 13.3 Å². The Bertz CT molecular complexity index is 223.